The summed E-state index contributed by atoms with van der Waals surface area (Å²) in [7, 11) is -6.73. The number of rotatable bonds is 4. The average molecular weight is 423 g/mol. The average Bonchev–Trinajstić information content (AvgIpc) is 2.84. The third-order valence-corrected chi connectivity index (χ3v) is 11.1. The van der Waals surface area contributed by atoms with Crippen LogP contribution in [0, 0.1) is 11.1 Å². The van der Waals surface area contributed by atoms with Crippen molar-refractivity contribution in [3.63, 3.8) is 0 Å². The lowest BCUT2D eigenvalue weighted by atomic mass is 10.4. The van der Waals surface area contributed by atoms with E-state index >= 15 is 0 Å². The maximum atomic E-state index is 11.9. The van der Waals surface area contributed by atoms with E-state index in [4.69, 9.17) is 0 Å². The first-order chi connectivity index (χ1) is 14.6. The van der Waals surface area contributed by atoms with Gasteiger partial charge in [0.05, 0.1) is 0 Å². The summed E-state index contributed by atoms with van der Waals surface area (Å²) in [6.45, 7) is 0. The molecule has 0 atom stereocenters. The highest BCUT2D eigenvalue weighted by molar-refractivity contribution is 7.07. The van der Waals surface area contributed by atoms with Crippen molar-refractivity contribution in [2.75, 3.05) is 0 Å². The van der Waals surface area contributed by atoms with Gasteiger partial charge in [-0.25, -0.2) is 0 Å². The van der Waals surface area contributed by atoms with Gasteiger partial charge >= 0.3 is 16.6 Å². The predicted octanol–water partition coefficient (Wildman–Crippen LogP) is 1.57. The minimum Gasteiger partial charge on any atom is -0.415 e. The Kier molecular flexibility index (Phi) is 5.80. The van der Waals surface area contributed by atoms with Crippen LogP contribution in [0.15, 0.2) is 121 Å². The number of hydrogen-bond acceptors (Lipinski definition) is 2. The summed E-state index contributed by atoms with van der Waals surface area (Å²) >= 11 is 0. The van der Waals surface area contributed by atoms with Crippen molar-refractivity contribution in [3.8, 4) is 11.1 Å². The molecule has 0 bridgehead atoms. The zero-order valence-electron chi connectivity index (χ0n) is 16.4. The highest BCUT2D eigenvalue weighted by Crippen LogP contribution is 2.05. The summed E-state index contributed by atoms with van der Waals surface area (Å²) in [5, 5.41) is 3.23. The van der Waals surface area contributed by atoms with Crippen LogP contribution in [-0.2, 0) is 0 Å². The van der Waals surface area contributed by atoms with Crippen LogP contribution in [0.5, 0.6) is 0 Å². The normalized spacial score (nSPS) is 11.4. The van der Waals surface area contributed by atoms with Gasteiger partial charge in [-0.05, 0) is 20.7 Å². The summed E-state index contributed by atoms with van der Waals surface area (Å²) in [6.07, 6.45) is 0. The molecule has 2 nitrogen and oxygen atoms in total. The fraction of sp³-hybridized carbons (Fsp3) is 0. The summed E-state index contributed by atoms with van der Waals surface area (Å²) in [5.41, 5.74) is 6.44. The first-order valence-electron chi connectivity index (χ1n) is 9.84. The van der Waals surface area contributed by atoms with Gasteiger partial charge in [0.1, 0.15) is 0 Å². The molecule has 4 heteroatoms. The third kappa shape index (κ3) is 3.93. The van der Waals surface area contributed by atoms with E-state index in [0.29, 0.717) is 0 Å². The van der Waals surface area contributed by atoms with Crippen LogP contribution in [-0.4, -0.2) is 26.2 Å². The number of hydrogen-bond donors (Lipinski definition) is 2. The lowest BCUT2D eigenvalue weighted by Gasteiger charge is -2.23. The number of benzene rings is 4. The van der Waals surface area contributed by atoms with Crippen LogP contribution < -0.4 is 20.7 Å². The molecule has 0 unspecified atom stereocenters. The van der Waals surface area contributed by atoms with Gasteiger partial charge in [0, 0.05) is 0 Å². The SMILES string of the molecule is O[Si](C#C[Si](O)(c1ccccc1)c1ccccc1)(c1ccccc1)c1ccccc1. The Hall–Kier alpha value is -3.21. The van der Waals surface area contributed by atoms with Gasteiger partial charge < -0.3 is 9.59 Å². The molecule has 0 spiro atoms. The van der Waals surface area contributed by atoms with Crippen LogP contribution in [0.4, 0.5) is 0 Å². The summed E-state index contributed by atoms with van der Waals surface area (Å²) < 4.78 is 0. The van der Waals surface area contributed by atoms with Crippen LogP contribution in [0.1, 0.15) is 0 Å². The molecule has 0 heterocycles. The summed E-state index contributed by atoms with van der Waals surface area (Å²) in [5.74, 6) is 0. The Morgan fingerprint density at radius 1 is 0.367 bits per heavy atom. The van der Waals surface area contributed by atoms with Gasteiger partial charge in [-0.15, -0.1) is 0 Å². The molecular weight excluding hydrogens is 400 g/mol. The van der Waals surface area contributed by atoms with Crippen LogP contribution in [0.2, 0.25) is 0 Å². The molecule has 4 aromatic rings. The largest absolute Gasteiger partial charge is 0.415 e. The molecule has 4 aromatic carbocycles. The van der Waals surface area contributed by atoms with E-state index in [1.54, 1.807) is 0 Å². The molecule has 146 valence electrons. The summed E-state index contributed by atoms with van der Waals surface area (Å²) in [6, 6.07) is 38.3. The second-order valence-electron chi connectivity index (χ2n) is 7.13. The van der Waals surface area contributed by atoms with Crippen molar-refractivity contribution < 1.29 is 9.59 Å². The Bertz CT molecular complexity index is 981. The van der Waals surface area contributed by atoms with Crippen LogP contribution in [0.25, 0.3) is 0 Å². The first-order valence-corrected chi connectivity index (χ1v) is 13.7. The first kappa shape index (κ1) is 20.1. The third-order valence-electron chi connectivity index (χ3n) is 5.19. The maximum absolute atomic E-state index is 11.9. The lowest BCUT2D eigenvalue weighted by Crippen LogP contribution is -2.61. The van der Waals surface area contributed by atoms with Crippen LogP contribution >= 0.6 is 0 Å². The summed E-state index contributed by atoms with van der Waals surface area (Å²) in [4.78, 5) is 23.8. The molecule has 0 saturated carbocycles. The molecule has 0 aliphatic heterocycles. The molecule has 0 radical (unpaired) electrons. The van der Waals surface area contributed by atoms with Gasteiger partial charge in [-0.2, -0.15) is 0 Å². The molecular formula is C26H22O2Si2. The van der Waals surface area contributed by atoms with Crippen molar-refractivity contribution in [3.05, 3.63) is 121 Å². The molecule has 0 amide bonds. The van der Waals surface area contributed by atoms with Gasteiger partial charge in [-0.1, -0.05) is 132 Å². The maximum Gasteiger partial charge on any atom is 0.334 e. The molecule has 4 rings (SSSR count). The quantitative estimate of drug-likeness (QED) is 0.387. The molecule has 0 aromatic heterocycles. The Labute approximate surface area is 179 Å². The Morgan fingerprint density at radius 2 is 0.567 bits per heavy atom. The van der Waals surface area contributed by atoms with E-state index in [1.807, 2.05) is 121 Å². The minimum absolute atomic E-state index is 0.807. The van der Waals surface area contributed by atoms with Gasteiger partial charge in [0.2, 0.25) is 0 Å². The van der Waals surface area contributed by atoms with Gasteiger partial charge in [0.15, 0.2) is 0 Å². The van der Waals surface area contributed by atoms with Crippen molar-refractivity contribution >= 4 is 37.4 Å². The zero-order chi connectivity index (χ0) is 20.9. The van der Waals surface area contributed by atoms with Crippen molar-refractivity contribution in [1.82, 2.24) is 0 Å². The van der Waals surface area contributed by atoms with E-state index in [-0.39, 0.29) is 0 Å². The van der Waals surface area contributed by atoms with E-state index in [9.17, 15) is 9.59 Å². The van der Waals surface area contributed by atoms with E-state index in [2.05, 4.69) is 11.1 Å². The fourth-order valence-corrected chi connectivity index (χ4v) is 8.91. The second kappa shape index (κ2) is 8.66. The minimum atomic E-state index is -3.36. The lowest BCUT2D eigenvalue weighted by molar-refractivity contribution is 0.581. The van der Waals surface area contributed by atoms with Crippen LogP contribution in [0.3, 0.4) is 0 Å². The highest BCUT2D eigenvalue weighted by Gasteiger charge is 2.38. The fourth-order valence-electron chi connectivity index (χ4n) is 3.52. The Balaban J connectivity index is 1.92. The molecule has 0 saturated heterocycles. The second-order valence-corrected chi connectivity index (χ2v) is 12.8. The monoisotopic (exact) mass is 422 g/mol. The predicted molar refractivity (Wildman–Crippen MR) is 128 cm³/mol. The topological polar surface area (TPSA) is 40.5 Å². The van der Waals surface area contributed by atoms with E-state index < -0.39 is 16.6 Å². The van der Waals surface area contributed by atoms with Crippen molar-refractivity contribution in [2.24, 2.45) is 0 Å². The van der Waals surface area contributed by atoms with Crippen molar-refractivity contribution in [2.45, 2.75) is 0 Å². The van der Waals surface area contributed by atoms with E-state index in [0.717, 1.165) is 20.7 Å². The van der Waals surface area contributed by atoms with E-state index in [1.165, 1.54) is 0 Å². The molecule has 2 N–H and O–H groups in total. The zero-order valence-corrected chi connectivity index (χ0v) is 18.4. The molecule has 0 aliphatic rings. The highest BCUT2D eigenvalue weighted by atomic mass is 28.4. The van der Waals surface area contributed by atoms with Gasteiger partial charge in [-0.3, -0.25) is 0 Å². The molecule has 30 heavy (non-hydrogen) atoms. The smallest absolute Gasteiger partial charge is 0.334 e. The molecule has 0 aliphatic carbocycles. The molecule has 0 fully saturated rings. The standard InChI is InChI=1S/C26H22O2Si2/c27-29(23-13-5-1-6-14-23,24-15-7-2-8-16-24)21-22-30(28,25-17-9-3-10-18-25)26-19-11-4-12-20-26/h1-20,27-28H. The van der Waals surface area contributed by atoms with Crippen molar-refractivity contribution in [1.29, 1.82) is 0 Å². The Morgan fingerprint density at radius 3 is 0.767 bits per heavy atom. The van der Waals surface area contributed by atoms with Gasteiger partial charge in [0.25, 0.3) is 0 Å².